The number of nitro groups is 1. The molecule has 6 rings (SSSR count). The summed E-state index contributed by atoms with van der Waals surface area (Å²) in [5.41, 5.74) is 3.24. The number of aromatic nitrogens is 5. The molecule has 1 saturated heterocycles. The van der Waals surface area contributed by atoms with Gasteiger partial charge in [0.25, 0.3) is 11.2 Å². The minimum atomic E-state index is -0.492. The average Bonchev–Trinajstić information content (AvgIpc) is 3.50. The number of hydrogen-bond acceptors (Lipinski definition) is 9. The van der Waals surface area contributed by atoms with E-state index in [9.17, 15) is 14.9 Å². The quantitative estimate of drug-likeness (QED) is 0.192. The highest BCUT2D eigenvalue weighted by molar-refractivity contribution is 5.80. The fourth-order valence-corrected chi connectivity index (χ4v) is 5.63. The Kier molecular flexibility index (Phi) is 8.09. The molecule has 1 fully saturated rings. The summed E-state index contributed by atoms with van der Waals surface area (Å²) in [5.74, 6) is 1.33. The van der Waals surface area contributed by atoms with Crippen LogP contribution in [-0.4, -0.2) is 67.8 Å². The number of pyridine rings is 1. The van der Waals surface area contributed by atoms with Crippen LogP contribution >= 0.6 is 0 Å². The van der Waals surface area contributed by atoms with Crippen LogP contribution in [0.1, 0.15) is 29.9 Å². The molecule has 1 unspecified atom stereocenters. The second-order valence-corrected chi connectivity index (χ2v) is 10.4. The molecule has 220 valence electrons. The van der Waals surface area contributed by atoms with Crippen molar-refractivity contribution in [3.8, 4) is 5.75 Å². The number of piperazine rings is 1. The molecule has 43 heavy (non-hydrogen) atoms. The van der Waals surface area contributed by atoms with Crippen molar-refractivity contribution in [1.82, 2.24) is 30.1 Å². The second kappa shape index (κ2) is 12.4. The van der Waals surface area contributed by atoms with Crippen molar-refractivity contribution in [2.45, 2.75) is 25.9 Å². The molecule has 2 aromatic heterocycles. The Labute approximate surface area is 247 Å². The van der Waals surface area contributed by atoms with Crippen molar-refractivity contribution >= 4 is 22.3 Å². The largest absolute Gasteiger partial charge is 0.494 e. The molecule has 1 aliphatic rings. The number of ether oxygens (including phenoxy) is 1. The summed E-state index contributed by atoms with van der Waals surface area (Å²) in [6.07, 6.45) is 0.741. The normalized spacial score (nSPS) is 14.6. The summed E-state index contributed by atoms with van der Waals surface area (Å²) < 4.78 is 7.51. The van der Waals surface area contributed by atoms with E-state index in [1.54, 1.807) is 16.8 Å². The third kappa shape index (κ3) is 6.09. The van der Waals surface area contributed by atoms with Gasteiger partial charge in [-0.25, -0.2) is 4.68 Å². The number of aryl methyl sites for hydroxylation is 2. The van der Waals surface area contributed by atoms with E-state index in [1.807, 2.05) is 49.4 Å². The number of benzene rings is 3. The highest BCUT2D eigenvalue weighted by atomic mass is 16.6. The minimum Gasteiger partial charge on any atom is -0.494 e. The molecule has 0 saturated carbocycles. The SMILES string of the molecule is CCOc1ccc2[nH]c(=O)c(C(c3nnnn3CCc3ccccc3)N3CCN(c4ccc([N+](=O)[O-])cc4)CC3)cc2c1. The van der Waals surface area contributed by atoms with Crippen LogP contribution in [0.5, 0.6) is 5.75 Å². The summed E-state index contributed by atoms with van der Waals surface area (Å²) >= 11 is 0. The van der Waals surface area contributed by atoms with E-state index in [-0.39, 0.29) is 11.2 Å². The summed E-state index contributed by atoms with van der Waals surface area (Å²) in [4.78, 5) is 31.8. The molecule has 0 amide bonds. The van der Waals surface area contributed by atoms with Crippen LogP contribution in [0.4, 0.5) is 11.4 Å². The number of aromatic amines is 1. The topological polar surface area (TPSA) is 135 Å². The van der Waals surface area contributed by atoms with Crippen molar-refractivity contribution in [2.75, 3.05) is 37.7 Å². The standard InChI is InChI=1S/C31H32N8O4/c1-2-43-26-12-13-28-23(20-26)21-27(31(40)32-28)29(30-33-34-35-38(30)15-14-22-6-4-3-5-7-22)37-18-16-36(17-19-37)24-8-10-25(11-9-24)39(41)42/h3-13,20-21,29H,2,14-19H2,1H3,(H,32,40). The van der Waals surface area contributed by atoms with Crippen LogP contribution in [0.25, 0.3) is 10.9 Å². The number of nitrogens with zero attached hydrogens (tertiary/aromatic N) is 7. The third-order valence-electron chi connectivity index (χ3n) is 7.81. The second-order valence-electron chi connectivity index (χ2n) is 10.4. The van der Waals surface area contributed by atoms with Gasteiger partial charge in [-0.1, -0.05) is 30.3 Å². The molecular weight excluding hydrogens is 548 g/mol. The molecular formula is C31H32N8O4. The Hall–Kier alpha value is -5.10. The summed E-state index contributed by atoms with van der Waals surface area (Å²) in [6, 6.07) is 23.8. The third-order valence-corrected chi connectivity index (χ3v) is 7.81. The number of tetrazole rings is 1. The zero-order valence-electron chi connectivity index (χ0n) is 23.8. The van der Waals surface area contributed by atoms with Gasteiger partial charge in [-0.05, 0) is 65.7 Å². The van der Waals surface area contributed by atoms with Crippen LogP contribution in [0.2, 0.25) is 0 Å². The van der Waals surface area contributed by atoms with Gasteiger partial charge in [0.15, 0.2) is 5.82 Å². The van der Waals surface area contributed by atoms with Gasteiger partial charge in [-0.3, -0.25) is 19.8 Å². The van der Waals surface area contributed by atoms with Gasteiger partial charge in [-0.2, -0.15) is 0 Å². The van der Waals surface area contributed by atoms with Crippen LogP contribution in [0, 0.1) is 10.1 Å². The maximum absolute atomic E-state index is 13.6. The van der Waals surface area contributed by atoms with Gasteiger partial charge in [0, 0.05) is 67.0 Å². The number of nitrogens with one attached hydrogen (secondary N) is 1. The lowest BCUT2D eigenvalue weighted by molar-refractivity contribution is -0.384. The molecule has 1 atom stereocenters. The van der Waals surface area contributed by atoms with Gasteiger partial charge < -0.3 is 14.6 Å². The molecule has 0 bridgehead atoms. The first-order chi connectivity index (χ1) is 21.0. The number of fused-ring (bicyclic) bond motifs is 1. The van der Waals surface area contributed by atoms with Gasteiger partial charge in [0.2, 0.25) is 0 Å². The predicted octanol–water partition coefficient (Wildman–Crippen LogP) is 3.98. The maximum Gasteiger partial charge on any atom is 0.269 e. The monoisotopic (exact) mass is 580 g/mol. The molecule has 0 radical (unpaired) electrons. The average molecular weight is 581 g/mol. The molecule has 3 heterocycles. The fourth-order valence-electron chi connectivity index (χ4n) is 5.63. The number of nitro benzene ring substituents is 1. The Morgan fingerprint density at radius 3 is 2.49 bits per heavy atom. The van der Waals surface area contributed by atoms with Gasteiger partial charge >= 0.3 is 0 Å². The predicted molar refractivity (Wildman–Crippen MR) is 162 cm³/mol. The summed E-state index contributed by atoms with van der Waals surface area (Å²) in [5, 5.41) is 24.8. The number of H-pyrrole nitrogens is 1. The van der Waals surface area contributed by atoms with Crippen molar-refractivity contribution < 1.29 is 9.66 Å². The maximum atomic E-state index is 13.6. The van der Waals surface area contributed by atoms with Gasteiger partial charge in [0.1, 0.15) is 11.8 Å². The first kappa shape index (κ1) is 28.0. The number of non-ortho nitro benzene ring substituents is 1. The van der Waals surface area contributed by atoms with Crippen molar-refractivity contribution in [2.24, 2.45) is 0 Å². The van der Waals surface area contributed by atoms with E-state index in [0.717, 1.165) is 28.8 Å². The number of rotatable bonds is 10. The van der Waals surface area contributed by atoms with E-state index in [0.29, 0.717) is 50.7 Å². The summed E-state index contributed by atoms with van der Waals surface area (Å²) in [6.45, 7) is 5.63. The van der Waals surface area contributed by atoms with Gasteiger partial charge in [-0.15, -0.1) is 5.10 Å². The van der Waals surface area contributed by atoms with E-state index >= 15 is 0 Å². The smallest absolute Gasteiger partial charge is 0.269 e. The Morgan fingerprint density at radius 1 is 1.00 bits per heavy atom. The Bertz CT molecular complexity index is 1760. The van der Waals surface area contributed by atoms with E-state index in [4.69, 9.17) is 4.74 Å². The molecule has 3 aromatic carbocycles. The zero-order chi connectivity index (χ0) is 29.8. The lowest BCUT2D eigenvalue weighted by Crippen LogP contribution is -2.49. The van der Waals surface area contributed by atoms with Crippen molar-refractivity contribution in [3.05, 3.63) is 116 Å². The highest BCUT2D eigenvalue weighted by Crippen LogP contribution is 2.30. The minimum absolute atomic E-state index is 0.0628. The van der Waals surface area contributed by atoms with E-state index in [2.05, 4.69) is 42.4 Å². The first-order valence-electron chi connectivity index (χ1n) is 14.3. The molecule has 0 spiro atoms. The van der Waals surface area contributed by atoms with Crippen LogP contribution < -0.4 is 15.2 Å². The highest BCUT2D eigenvalue weighted by Gasteiger charge is 2.33. The fraction of sp³-hybridized carbons (Fsp3) is 0.290. The zero-order valence-corrected chi connectivity index (χ0v) is 23.8. The Balaban J connectivity index is 1.33. The molecule has 0 aliphatic carbocycles. The van der Waals surface area contributed by atoms with Crippen LogP contribution in [0.15, 0.2) is 83.7 Å². The lowest BCUT2D eigenvalue weighted by Gasteiger charge is -2.39. The molecule has 1 aliphatic heterocycles. The molecule has 5 aromatic rings. The lowest BCUT2D eigenvalue weighted by atomic mass is 10.0. The van der Waals surface area contributed by atoms with Crippen molar-refractivity contribution in [1.29, 1.82) is 0 Å². The molecule has 1 N–H and O–H groups in total. The molecule has 12 nitrogen and oxygen atoms in total. The van der Waals surface area contributed by atoms with Crippen LogP contribution in [0.3, 0.4) is 0 Å². The molecule has 12 heteroatoms. The Morgan fingerprint density at radius 2 is 1.77 bits per heavy atom. The number of anilines is 1. The first-order valence-corrected chi connectivity index (χ1v) is 14.3. The van der Waals surface area contributed by atoms with Crippen LogP contribution in [-0.2, 0) is 13.0 Å². The summed E-state index contributed by atoms with van der Waals surface area (Å²) in [7, 11) is 0. The van der Waals surface area contributed by atoms with Gasteiger partial charge in [0.05, 0.1) is 11.5 Å². The number of hydrogen-bond donors (Lipinski definition) is 1. The van der Waals surface area contributed by atoms with E-state index < -0.39 is 11.0 Å². The van der Waals surface area contributed by atoms with E-state index in [1.165, 1.54) is 17.7 Å². The van der Waals surface area contributed by atoms with Crippen molar-refractivity contribution in [3.63, 3.8) is 0 Å².